The molecule has 0 unspecified atom stereocenters. The molecular formula is C23H32N2O4. The first-order valence-corrected chi connectivity index (χ1v) is 9.96. The van der Waals surface area contributed by atoms with Crippen LogP contribution < -0.4 is 4.74 Å². The molecule has 2 amide bonds. The van der Waals surface area contributed by atoms with Crippen molar-refractivity contribution in [1.82, 2.24) is 9.80 Å². The predicted molar refractivity (Wildman–Crippen MR) is 113 cm³/mol. The number of hydrogen-bond acceptors (Lipinski definition) is 4. The maximum absolute atomic E-state index is 13.1. The van der Waals surface area contributed by atoms with E-state index < -0.39 is 11.7 Å². The normalized spacial score (nSPS) is 19.6. The molecule has 0 aromatic heterocycles. The van der Waals surface area contributed by atoms with Crippen LogP contribution >= 0.6 is 0 Å². The summed E-state index contributed by atoms with van der Waals surface area (Å²) in [5.41, 5.74) is 0.396. The molecule has 1 heterocycles. The van der Waals surface area contributed by atoms with Gasteiger partial charge in [-0.15, -0.1) is 6.42 Å². The van der Waals surface area contributed by atoms with Crippen molar-refractivity contribution in [3.63, 3.8) is 0 Å². The highest BCUT2D eigenvalue weighted by atomic mass is 16.6. The van der Waals surface area contributed by atoms with Crippen LogP contribution in [0.4, 0.5) is 4.79 Å². The molecule has 6 nitrogen and oxygen atoms in total. The predicted octanol–water partition coefficient (Wildman–Crippen LogP) is 3.78. The van der Waals surface area contributed by atoms with Crippen molar-refractivity contribution >= 4 is 12.0 Å². The third kappa shape index (κ3) is 5.44. The van der Waals surface area contributed by atoms with E-state index in [1.165, 1.54) is 4.90 Å². The molecule has 1 aromatic rings. The fourth-order valence-corrected chi connectivity index (χ4v) is 3.23. The first kappa shape index (κ1) is 22.6. The van der Waals surface area contributed by atoms with Gasteiger partial charge in [0.05, 0.1) is 17.7 Å². The van der Waals surface area contributed by atoms with Crippen LogP contribution in [-0.2, 0) is 4.74 Å². The van der Waals surface area contributed by atoms with Crippen LogP contribution in [0.15, 0.2) is 18.2 Å². The number of carbonyl (C=O) groups is 2. The Morgan fingerprint density at radius 2 is 2.07 bits per heavy atom. The molecule has 29 heavy (non-hydrogen) atoms. The van der Waals surface area contributed by atoms with Crippen LogP contribution in [0.5, 0.6) is 5.75 Å². The van der Waals surface area contributed by atoms with Crippen molar-refractivity contribution in [3.8, 4) is 18.1 Å². The molecule has 0 saturated heterocycles. The van der Waals surface area contributed by atoms with Crippen LogP contribution in [0.3, 0.4) is 0 Å². The number of rotatable bonds is 3. The summed E-state index contributed by atoms with van der Waals surface area (Å²) in [6.07, 6.45) is 4.89. The van der Waals surface area contributed by atoms with Crippen LogP contribution in [0.2, 0.25) is 0 Å². The summed E-state index contributed by atoms with van der Waals surface area (Å²) < 4.78 is 11.7. The van der Waals surface area contributed by atoms with E-state index in [-0.39, 0.29) is 24.0 Å². The summed E-state index contributed by atoms with van der Waals surface area (Å²) in [4.78, 5) is 28.9. The van der Waals surface area contributed by atoms with Crippen molar-refractivity contribution in [3.05, 3.63) is 29.3 Å². The second-order valence-corrected chi connectivity index (χ2v) is 8.87. The first-order chi connectivity index (χ1) is 13.4. The van der Waals surface area contributed by atoms with E-state index in [4.69, 9.17) is 15.9 Å². The van der Waals surface area contributed by atoms with E-state index in [2.05, 4.69) is 5.92 Å². The lowest BCUT2D eigenvalue weighted by molar-refractivity contribution is 0.0129. The average Bonchev–Trinajstić information content (AvgIpc) is 2.62. The van der Waals surface area contributed by atoms with Crippen LogP contribution in [0.1, 0.15) is 57.5 Å². The Bertz CT molecular complexity index is 804. The summed E-state index contributed by atoms with van der Waals surface area (Å²) >= 11 is 0. The lowest BCUT2D eigenvalue weighted by Crippen LogP contribution is -2.49. The minimum absolute atomic E-state index is 0.0228. The second kappa shape index (κ2) is 8.77. The van der Waals surface area contributed by atoms with E-state index in [1.807, 2.05) is 46.4 Å². The standard InChI is InChI=1S/C23H32N2O4/c1-9-17-11-10-12-18-20(17)28-19(14-24(8)22(27)29-23(5,6)7)16(4)13-25(15(2)3)21(18)26/h1,10-12,15-16,19H,13-14H2,2-8H3/t16-,19+/m0/s1. The van der Waals surface area contributed by atoms with Crippen molar-refractivity contribution in [2.75, 3.05) is 20.1 Å². The van der Waals surface area contributed by atoms with E-state index in [9.17, 15) is 9.59 Å². The van der Waals surface area contributed by atoms with Crippen LogP contribution in [-0.4, -0.2) is 59.7 Å². The minimum Gasteiger partial charge on any atom is -0.486 e. The quantitative estimate of drug-likeness (QED) is 0.725. The Kier molecular flexibility index (Phi) is 6.84. The number of terminal acetylenes is 1. The molecule has 0 bridgehead atoms. The lowest BCUT2D eigenvalue weighted by Gasteiger charge is -2.38. The molecule has 1 aliphatic heterocycles. The van der Waals surface area contributed by atoms with Crippen molar-refractivity contribution in [2.45, 2.75) is 59.3 Å². The Hall–Kier alpha value is -2.68. The molecule has 0 saturated carbocycles. The van der Waals surface area contributed by atoms with E-state index in [0.717, 1.165) is 0 Å². The summed E-state index contributed by atoms with van der Waals surface area (Å²) in [5, 5.41) is 0. The van der Waals surface area contributed by atoms with Crippen molar-refractivity contribution in [2.24, 2.45) is 5.92 Å². The Morgan fingerprint density at radius 3 is 2.62 bits per heavy atom. The smallest absolute Gasteiger partial charge is 0.410 e. The maximum atomic E-state index is 13.1. The summed E-state index contributed by atoms with van der Waals surface area (Å²) in [6, 6.07) is 5.28. The molecular weight excluding hydrogens is 368 g/mol. The van der Waals surface area contributed by atoms with Gasteiger partial charge in [-0.1, -0.05) is 18.9 Å². The van der Waals surface area contributed by atoms with E-state index in [1.54, 1.807) is 25.2 Å². The lowest BCUT2D eigenvalue weighted by atomic mass is 9.98. The number of amides is 2. The number of ether oxygens (including phenoxy) is 2. The summed E-state index contributed by atoms with van der Waals surface area (Å²) in [6.45, 7) is 12.3. The number of benzene rings is 1. The molecule has 0 radical (unpaired) electrons. The SMILES string of the molecule is C#Cc1cccc2c1O[C@H](CN(C)C(=O)OC(C)(C)C)[C@@H](C)CN(C(C)C)C2=O. The Balaban J connectivity index is 2.39. The van der Waals surface area contributed by atoms with Gasteiger partial charge in [0.1, 0.15) is 17.5 Å². The van der Waals surface area contributed by atoms with E-state index in [0.29, 0.717) is 30.0 Å². The van der Waals surface area contributed by atoms with Gasteiger partial charge in [0.25, 0.3) is 5.91 Å². The van der Waals surface area contributed by atoms with Crippen LogP contribution in [0, 0.1) is 18.3 Å². The second-order valence-electron chi connectivity index (χ2n) is 8.87. The molecule has 6 heteroatoms. The number of hydrogen-bond donors (Lipinski definition) is 0. The zero-order valence-electron chi connectivity index (χ0n) is 18.5. The van der Waals surface area contributed by atoms with Gasteiger partial charge >= 0.3 is 6.09 Å². The average molecular weight is 401 g/mol. The number of fused-ring (bicyclic) bond motifs is 1. The molecule has 2 rings (SSSR count). The van der Waals surface area contributed by atoms with Gasteiger partial charge in [-0.25, -0.2) is 4.79 Å². The molecule has 1 aromatic carbocycles. The van der Waals surface area contributed by atoms with Gasteiger partial charge in [0.2, 0.25) is 0 Å². The van der Waals surface area contributed by atoms with Crippen LogP contribution in [0.25, 0.3) is 0 Å². The maximum Gasteiger partial charge on any atom is 0.410 e. The molecule has 0 fully saturated rings. The Morgan fingerprint density at radius 1 is 1.41 bits per heavy atom. The third-order valence-electron chi connectivity index (χ3n) is 4.83. The van der Waals surface area contributed by atoms with Gasteiger partial charge in [-0.2, -0.15) is 0 Å². The van der Waals surface area contributed by atoms with Gasteiger partial charge < -0.3 is 19.3 Å². The van der Waals surface area contributed by atoms with Crippen molar-refractivity contribution < 1.29 is 19.1 Å². The number of likely N-dealkylation sites (N-methyl/N-ethyl adjacent to an activating group) is 1. The fourth-order valence-electron chi connectivity index (χ4n) is 3.23. The summed E-state index contributed by atoms with van der Waals surface area (Å²) in [7, 11) is 1.68. The summed E-state index contributed by atoms with van der Waals surface area (Å²) in [5.74, 6) is 2.89. The monoisotopic (exact) mass is 400 g/mol. The van der Waals surface area contributed by atoms with Crippen molar-refractivity contribution in [1.29, 1.82) is 0 Å². The van der Waals surface area contributed by atoms with Gasteiger partial charge in [0, 0.05) is 25.6 Å². The highest BCUT2D eigenvalue weighted by molar-refractivity contribution is 5.98. The molecule has 0 spiro atoms. The van der Waals surface area contributed by atoms with Gasteiger partial charge in [-0.3, -0.25) is 4.79 Å². The number of carbonyl (C=O) groups excluding carboxylic acids is 2. The zero-order valence-corrected chi connectivity index (χ0v) is 18.5. The van der Waals surface area contributed by atoms with Gasteiger partial charge in [0.15, 0.2) is 0 Å². The van der Waals surface area contributed by atoms with Gasteiger partial charge in [-0.05, 0) is 46.8 Å². The molecule has 0 aliphatic carbocycles. The molecule has 1 aliphatic rings. The highest BCUT2D eigenvalue weighted by Crippen LogP contribution is 2.31. The number of para-hydroxylation sites is 1. The zero-order chi connectivity index (χ0) is 21.9. The molecule has 0 N–H and O–H groups in total. The first-order valence-electron chi connectivity index (χ1n) is 9.96. The Labute approximate surface area is 174 Å². The van der Waals surface area contributed by atoms with E-state index >= 15 is 0 Å². The highest BCUT2D eigenvalue weighted by Gasteiger charge is 2.34. The minimum atomic E-state index is -0.581. The fraction of sp³-hybridized carbons (Fsp3) is 0.565. The largest absolute Gasteiger partial charge is 0.486 e. The molecule has 2 atom stereocenters. The topological polar surface area (TPSA) is 59.1 Å². The third-order valence-corrected chi connectivity index (χ3v) is 4.83. The molecule has 158 valence electrons. The number of nitrogens with zero attached hydrogens (tertiary/aromatic N) is 2.